The maximum Gasteiger partial charge on any atom is 0.133 e. The number of rotatable bonds is 4. The van der Waals surface area contributed by atoms with Gasteiger partial charge in [-0.1, -0.05) is 48.5 Å². The van der Waals surface area contributed by atoms with Crippen molar-refractivity contribution >= 4 is 5.69 Å². The van der Waals surface area contributed by atoms with Crippen molar-refractivity contribution in [2.45, 2.75) is 19.4 Å². The first-order chi connectivity index (χ1) is 11.0. The fourth-order valence-electron chi connectivity index (χ4n) is 3.78. The smallest absolute Gasteiger partial charge is 0.133 e. The maximum absolute atomic E-state index is 2.45. The molecule has 1 fully saturated rings. The van der Waals surface area contributed by atoms with E-state index in [4.69, 9.17) is 0 Å². The summed E-state index contributed by atoms with van der Waals surface area (Å²) < 4.78 is 2.27. The van der Waals surface area contributed by atoms with Crippen LogP contribution >= 0.6 is 0 Å². The molecule has 1 atom stereocenters. The van der Waals surface area contributed by atoms with Gasteiger partial charge in [0.15, 0.2) is 0 Å². The van der Waals surface area contributed by atoms with Crippen molar-refractivity contribution in [3.05, 3.63) is 66.2 Å². The molecule has 1 heterocycles. The topological polar surface area (TPSA) is 0 Å². The summed E-state index contributed by atoms with van der Waals surface area (Å²) in [5.74, 6) is 0. The van der Waals surface area contributed by atoms with E-state index in [0.29, 0.717) is 6.04 Å². The van der Waals surface area contributed by atoms with E-state index in [0.717, 1.165) is 4.48 Å². The highest BCUT2D eigenvalue weighted by Crippen LogP contribution is 2.27. The predicted octanol–water partition coefficient (Wildman–Crippen LogP) is 3.72. The van der Waals surface area contributed by atoms with Gasteiger partial charge in [-0.05, 0) is 24.6 Å². The summed E-state index contributed by atoms with van der Waals surface area (Å²) in [5, 5.41) is 0. The van der Waals surface area contributed by atoms with Crippen molar-refractivity contribution in [2.75, 3.05) is 40.3 Å². The summed E-state index contributed by atoms with van der Waals surface area (Å²) in [7, 11) is 4.84. The monoisotopic (exact) mass is 310 g/mol. The summed E-state index contributed by atoms with van der Waals surface area (Å²) in [6.07, 6.45) is 1.17. The van der Waals surface area contributed by atoms with Gasteiger partial charge in [0.2, 0.25) is 0 Å². The molecule has 2 aromatic rings. The van der Waals surface area contributed by atoms with Gasteiger partial charge in [0.05, 0.1) is 20.1 Å². The average molecular weight is 310 g/mol. The van der Waals surface area contributed by atoms with E-state index in [1.54, 1.807) is 0 Å². The molecule has 0 N–H and O–H groups in total. The Morgan fingerprint density at radius 3 is 1.87 bits per heavy atom. The molecule has 0 bridgehead atoms. The van der Waals surface area contributed by atoms with E-state index < -0.39 is 0 Å². The second-order valence-corrected chi connectivity index (χ2v) is 7.64. The Morgan fingerprint density at radius 1 is 0.783 bits per heavy atom. The van der Waals surface area contributed by atoms with Crippen LogP contribution in [0.5, 0.6) is 0 Å². The zero-order chi connectivity index (χ0) is 16.3. The molecule has 0 aliphatic carbocycles. The molecule has 2 heteroatoms. The minimum Gasteiger partial charge on any atom is -0.314 e. The summed E-state index contributed by atoms with van der Waals surface area (Å²) in [5.41, 5.74) is 2.92. The van der Waals surface area contributed by atoms with Crippen LogP contribution in [0.4, 0.5) is 5.69 Å². The molecular formula is C21H30N2+2. The van der Waals surface area contributed by atoms with Crippen molar-refractivity contribution in [1.29, 1.82) is 0 Å². The Kier molecular flexibility index (Phi) is 4.56. The third kappa shape index (κ3) is 3.49. The van der Waals surface area contributed by atoms with Crippen LogP contribution < -0.4 is 4.48 Å². The largest absolute Gasteiger partial charge is 0.314 e. The number of para-hydroxylation sites is 1. The van der Waals surface area contributed by atoms with Crippen molar-refractivity contribution < 1.29 is 4.48 Å². The molecule has 3 rings (SSSR count). The number of piperazine rings is 1. The number of quaternary nitrogens is 2. The molecule has 1 saturated heterocycles. The Bertz CT molecular complexity index is 613. The molecule has 122 valence electrons. The van der Waals surface area contributed by atoms with E-state index in [1.807, 2.05) is 0 Å². The third-order valence-corrected chi connectivity index (χ3v) is 6.03. The maximum atomic E-state index is 2.45. The highest BCUT2D eigenvalue weighted by atomic mass is 15.5. The zero-order valence-electron chi connectivity index (χ0n) is 14.8. The molecule has 1 aliphatic heterocycles. The van der Waals surface area contributed by atoms with E-state index >= 15 is 0 Å². The average Bonchev–Trinajstić information content (AvgIpc) is 2.59. The fraction of sp³-hybridized carbons (Fsp3) is 0.429. The van der Waals surface area contributed by atoms with Gasteiger partial charge in [-0.25, -0.2) is 0 Å². The van der Waals surface area contributed by atoms with E-state index in [1.165, 1.54) is 48.3 Å². The molecule has 0 saturated carbocycles. The van der Waals surface area contributed by atoms with Crippen LogP contribution in [0.3, 0.4) is 0 Å². The van der Waals surface area contributed by atoms with Crippen LogP contribution in [-0.2, 0) is 6.42 Å². The Balaban J connectivity index is 1.67. The molecule has 0 spiro atoms. The summed E-state index contributed by atoms with van der Waals surface area (Å²) in [6.45, 7) is 7.36. The number of hydrogen-bond acceptors (Lipinski definition) is 0. The van der Waals surface area contributed by atoms with Gasteiger partial charge in [0.25, 0.3) is 0 Å². The van der Waals surface area contributed by atoms with Crippen LogP contribution in [0, 0.1) is 0 Å². The van der Waals surface area contributed by atoms with E-state index in [-0.39, 0.29) is 0 Å². The van der Waals surface area contributed by atoms with Gasteiger partial charge >= 0.3 is 0 Å². The van der Waals surface area contributed by atoms with Gasteiger partial charge in [-0.3, -0.25) is 4.48 Å². The number of hydrogen-bond donors (Lipinski definition) is 0. The number of benzene rings is 2. The molecule has 2 nitrogen and oxygen atoms in total. The first-order valence-corrected chi connectivity index (χ1v) is 8.80. The van der Waals surface area contributed by atoms with Crippen molar-refractivity contribution in [3.63, 3.8) is 0 Å². The van der Waals surface area contributed by atoms with Crippen LogP contribution in [0.2, 0.25) is 0 Å². The Labute approximate surface area is 141 Å². The normalized spacial score (nSPS) is 29.2. The van der Waals surface area contributed by atoms with Crippen molar-refractivity contribution in [2.24, 2.45) is 0 Å². The molecule has 23 heavy (non-hydrogen) atoms. The molecule has 0 amide bonds. The van der Waals surface area contributed by atoms with Gasteiger partial charge in [-0.15, -0.1) is 0 Å². The van der Waals surface area contributed by atoms with Crippen LogP contribution in [0.25, 0.3) is 0 Å². The van der Waals surface area contributed by atoms with Crippen LogP contribution in [0.1, 0.15) is 12.5 Å². The molecule has 2 aromatic carbocycles. The fourth-order valence-corrected chi connectivity index (χ4v) is 3.78. The Morgan fingerprint density at radius 2 is 1.30 bits per heavy atom. The second kappa shape index (κ2) is 6.46. The SMILES string of the molecule is CC(Cc1ccccc1)[N+]1(C)CC[N+](C)(c2ccccc2)CC1. The third-order valence-electron chi connectivity index (χ3n) is 6.03. The highest BCUT2D eigenvalue weighted by Gasteiger charge is 2.41. The molecule has 0 aromatic heterocycles. The lowest BCUT2D eigenvalue weighted by molar-refractivity contribution is -0.934. The van der Waals surface area contributed by atoms with Crippen molar-refractivity contribution in [3.8, 4) is 0 Å². The number of nitrogens with zero attached hydrogens (tertiary/aromatic N) is 2. The minimum absolute atomic E-state index is 0.668. The van der Waals surface area contributed by atoms with Crippen LogP contribution in [-0.4, -0.2) is 50.8 Å². The quantitative estimate of drug-likeness (QED) is 0.755. The van der Waals surface area contributed by atoms with Gasteiger partial charge in [0.1, 0.15) is 31.9 Å². The standard InChI is InChI=1S/C21H30N2/c1-19(18-20-10-6-4-7-11-20)22(2)14-16-23(3,17-15-22)21-12-8-5-9-13-21/h4-13,19H,14-18H2,1-3H3/q+2. The van der Waals surface area contributed by atoms with Gasteiger partial charge < -0.3 is 4.48 Å². The number of likely N-dealkylation sites (N-methyl/N-ethyl adjacent to an activating group) is 2. The molecular weight excluding hydrogens is 280 g/mol. The second-order valence-electron chi connectivity index (χ2n) is 7.64. The Hall–Kier alpha value is -1.64. The first kappa shape index (κ1) is 16.2. The highest BCUT2D eigenvalue weighted by molar-refractivity contribution is 5.42. The first-order valence-electron chi connectivity index (χ1n) is 8.80. The summed E-state index contributed by atoms with van der Waals surface area (Å²) >= 11 is 0. The van der Waals surface area contributed by atoms with Gasteiger partial charge in [0, 0.05) is 6.42 Å². The summed E-state index contributed by atoms with van der Waals surface area (Å²) in [4.78, 5) is 0. The lowest BCUT2D eigenvalue weighted by atomic mass is 10.0. The van der Waals surface area contributed by atoms with Crippen LogP contribution in [0.15, 0.2) is 60.7 Å². The summed E-state index contributed by atoms with van der Waals surface area (Å²) in [6, 6.07) is 22.6. The predicted molar refractivity (Wildman–Crippen MR) is 99.4 cm³/mol. The lowest BCUT2D eigenvalue weighted by Gasteiger charge is -2.48. The van der Waals surface area contributed by atoms with Gasteiger partial charge in [-0.2, -0.15) is 0 Å². The van der Waals surface area contributed by atoms with Crippen molar-refractivity contribution in [1.82, 2.24) is 4.48 Å². The molecule has 1 aliphatic rings. The molecule has 0 radical (unpaired) electrons. The van der Waals surface area contributed by atoms with E-state index in [2.05, 4.69) is 81.7 Å². The minimum atomic E-state index is 0.668. The molecule has 1 unspecified atom stereocenters. The van der Waals surface area contributed by atoms with E-state index in [9.17, 15) is 0 Å². The zero-order valence-corrected chi connectivity index (χ0v) is 14.8. The lowest BCUT2D eigenvalue weighted by Crippen LogP contribution is -2.67.